The third-order valence-corrected chi connectivity index (χ3v) is 5.24. The van der Waals surface area contributed by atoms with Gasteiger partial charge in [0.05, 0.1) is 5.52 Å². The number of nitrogens with one attached hydrogen (secondary N) is 1. The number of nitrogens with two attached hydrogens (primary N) is 1. The lowest BCUT2D eigenvalue weighted by molar-refractivity contribution is 0.100. The fraction of sp³-hybridized carbons (Fsp3) is 0.174. The highest BCUT2D eigenvalue weighted by Gasteiger charge is 2.17. The van der Waals surface area contributed by atoms with Gasteiger partial charge in [0.2, 0.25) is 11.9 Å². The Kier molecular flexibility index (Phi) is 4.87. The van der Waals surface area contributed by atoms with Crippen molar-refractivity contribution in [3.05, 3.63) is 76.6 Å². The van der Waals surface area contributed by atoms with E-state index in [-0.39, 0.29) is 5.75 Å². The zero-order valence-corrected chi connectivity index (χ0v) is 17.1. The number of primary amides is 1. The summed E-state index contributed by atoms with van der Waals surface area (Å²) >= 11 is 0. The molecule has 0 atom stereocenters. The minimum absolute atomic E-state index is 0.227. The minimum atomic E-state index is -0.466. The van der Waals surface area contributed by atoms with Crippen LogP contribution in [0.25, 0.3) is 16.9 Å². The molecule has 0 spiro atoms. The molecule has 7 heteroatoms. The van der Waals surface area contributed by atoms with E-state index < -0.39 is 5.91 Å². The van der Waals surface area contributed by atoms with Gasteiger partial charge in [-0.3, -0.25) is 9.36 Å². The number of fused-ring (bicyclic) bond motifs is 1. The number of hydrogen-bond acceptors (Lipinski definition) is 5. The number of carbonyl (C=O) groups is 1. The van der Waals surface area contributed by atoms with Crippen LogP contribution in [0.3, 0.4) is 0 Å². The van der Waals surface area contributed by atoms with Crippen LogP contribution in [-0.2, 0) is 6.54 Å². The molecule has 0 saturated heterocycles. The molecule has 152 valence electrons. The molecule has 30 heavy (non-hydrogen) atoms. The predicted octanol–water partition coefficient (Wildman–Crippen LogP) is 3.76. The van der Waals surface area contributed by atoms with Crippen LogP contribution in [0.2, 0.25) is 0 Å². The number of aromatic nitrogens is 3. The number of aryl methyl sites for hydroxylation is 2. The van der Waals surface area contributed by atoms with Gasteiger partial charge in [-0.05, 0) is 56.7 Å². The summed E-state index contributed by atoms with van der Waals surface area (Å²) in [4.78, 5) is 21.3. The van der Waals surface area contributed by atoms with Gasteiger partial charge in [-0.15, -0.1) is 0 Å². The fourth-order valence-corrected chi connectivity index (χ4v) is 3.58. The number of rotatable bonds is 5. The number of carbonyl (C=O) groups excluding carboxylic acids is 1. The van der Waals surface area contributed by atoms with E-state index in [1.54, 1.807) is 24.3 Å². The summed E-state index contributed by atoms with van der Waals surface area (Å²) in [5.41, 5.74) is 10.5. The number of nitrogens with zero attached hydrogens (tertiary/aromatic N) is 3. The minimum Gasteiger partial charge on any atom is -0.508 e. The molecule has 2 aromatic carbocycles. The van der Waals surface area contributed by atoms with Gasteiger partial charge in [-0.1, -0.05) is 18.2 Å². The number of benzene rings is 2. The first-order valence-electron chi connectivity index (χ1n) is 9.63. The Balaban J connectivity index is 1.78. The Morgan fingerprint density at radius 3 is 2.60 bits per heavy atom. The molecule has 7 nitrogen and oxygen atoms in total. The predicted molar refractivity (Wildman–Crippen MR) is 117 cm³/mol. The van der Waals surface area contributed by atoms with Crippen LogP contribution in [0.15, 0.2) is 48.5 Å². The average molecular weight is 401 g/mol. The molecule has 0 aliphatic rings. The number of anilines is 1. The van der Waals surface area contributed by atoms with Crippen molar-refractivity contribution in [2.75, 3.05) is 5.32 Å². The summed E-state index contributed by atoms with van der Waals surface area (Å²) in [6, 6.07) is 14.5. The second kappa shape index (κ2) is 7.51. The SMILES string of the molecule is Cc1nc(-n2c(C)cc3c(C(N)=O)cccc32)nc(NCc2cccc(O)c2)c1C. The molecule has 4 rings (SSSR count). The molecule has 2 aromatic heterocycles. The number of aromatic hydroxyl groups is 1. The highest BCUT2D eigenvalue weighted by molar-refractivity contribution is 6.06. The van der Waals surface area contributed by atoms with E-state index in [0.717, 1.165) is 33.4 Å². The van der Waals surface area contributed by atoms with E-state index in [1.807, 2.05) is 49.6 Å². The van der Waals surface area contributed by atoms with Crippen molar-refractivity contribution in [3.8, 4) is 11.7 Å². The molecule has 0 saturated carbocycles. The molecular weight excluding hydrogens is 378 g/mol. The van der Waals surface area contributed by atoms with E-state index in [0.29, 0.717) is 23.9 Å². The third-order valence-electron chi connectivity index (χ3n) is 5.24. The Morgan fingerprint density at radius 2 is 1.87 bits per heavy atom. The third kappa shape index (κ3) is 3.45. The number of phenolic OH excluding ortho intramolecular Hbond substituents is 1. The average Bonchev–Trinajstić information content (AvgIpc) is 3.04. The normalized spacial score (nSPS) is 11.0. The van der Waals surface area contributed by atoms with Crippen molar-refractivity contribution < 1.29 is 9.90 Å². The monoisotopic (exact) mass is 401 g/mol. The summed E-state index contributed by atoms with van der Waals surface area (Å²) in [7, 11) is 0. The van der Waals surface area contributed by atoms with Crippen molar-refractivity contribution in [1.82, 2.24) is 14.5 Å². The second-order valence-electron chi connectivity index (χ2n) is 7.33. The Hall–Kier alpha value is -3.87. The second-order valence-corrected chi connectivity index (χ2v) is 7.33. The molecular formula is C23H23N5O2. The molecule has 0 fully saturated rings. The van der Waals surface area contributed by atoms with Gasteiger partial charge < -0.3 is 16.2 Å². The Morgan fingerprint density at radius 1 is 1.10 bits per heavy atom. The van der Waals surface area contributed by atoms with E-state index in [2.05, 4.69) is 10.3 Å². The molecule has 0 aliphatic heterocycles. The molecule has 0 unspecified atom stereocenters. The zero-order valence-electron chi connectivity index (χ0n) is 17.1. The van der Waals surface area contributed by atoms with Crippen molar-refractivity contribution in [1.29, 1.82) is 0 Å². The fourth-order valence-electron chi connectivity index (χ4n) is 3.58. The molecule has 0 aliphatic carbocycles. The van der Waals surface area contributed by atoms with E-state index in [9.17, 15) is 9.90 Å². The van der Waals surface area contributed by atoms with E-state index in [1.165, 1.54) is 0 Å². The van der Waals surface area contributed by atoms with Gasteiger partial charge in [0.15, 0.2) is 0 Å². The van der Waals surface area contributed by atoms with Crippen LogP contribution in [0.1, 0.15) is 32.9 Å². The summed E-state index contributed by atoms with van der Waals surface area (Å²) < 4.78 is 1.92. The molecule has 0 bridgehead atoms. The Bertz CT molecular complexity index is 1280. The van der Waals surface area contributed by atoms with Crippen molar-refractivity contribution in [2.45, 2.75) is 27.3 Å². The topological polar surface area (TPSA) is 106 Å². The molecule has 4 aromatic rings. The molecule has 1 amide bonds. The first kappa shape index (κ1) is 19.4. The van der Waals surface area contributed by atoms with Crippen LogP contribution in [0.4, 0.5) is 5.82 Å². The van der Waals surface area contributed by atoms with Gasteiger partial charge in [-0.2, -0.15) is 4.98 Å². The summed E-state index contributed by atoms with van der Waals surface area (Å²) in [6.07, 6.45) is 0. The first-order chi connectivity index (χ1) is 14.3. The zero-order chi connectivity index (χ0) is 21.4. The van der Waals surface area contributed by atoms with Crippen molar-refractivity contribution >= 4 is 22.6 Å². The largest absolute Gasteiger partial charge is 0.508 e. The molecule has 4 N–H and O–H groups in total. The van der Waals surface area contributed by atoms with Crippen LogP contribution in [0.5, 0.6) is 5.75 Å². The van der Waals surface area contributed by atoms with E-state index in [4.69, 9.17) is 10.7 Å². The highest BCUT2D eigenvalue weighted by Crippen LogP contribution is 2.27. The lowest BCUT2D eigenvalue weighted by atomic mass is 10.1. The van der Waals surface area contributed by atoms with Crippen LogP contribution in [0, 0.1) is 20.8 Å². The van der Waals surface area contributed by atoms with Crippen LogP contribution < -0.4 is 11.1 Å². The maximum atomic E-state index is 11.8. The van der Waals surface area contributed by atoms with E-state index >= 15 is 0 Å². The van der Waals surface area contributed by atoms with Gasteiger partial charge in [0.1, 0.15) is 11.6 Å². The molecule has 0 radical (unpaired) electrons. The number of hydrogen-bond donors (Lipinski definition) is 3. The smallest absolute Gasteiger partial charge is 0.249 e. The lowest BCUT2D eigenvalue weighted by Crippen LogP contribution is -2.12. The summed E-state index contributed by atoms with van der Waals surface area (Å²) in [5.74, 6) is 0.997. The van der Waals surface area contributed by atoms with Gasteiger partial charge in [-0.25, -0.2) is 4.98 Å². The number of amides is 1. The van der Waals surface area contributed by atoms with Gasteiger partial charge >= 0.3 is 0 Å². The van der Waals surface area contributed by atoms with Crippen molar-refractivity contribution in [2.24, 2.45) is 5.73 Å². The standard InChI is InChI=1S/C23H23N5O2/c1-13-10-19-18(21(24)30)8-5-9-20(19)28(13)23-26-15(3)14(2)22(27-23)25-12-16-6-4-7-17(29)11-16/h4-11,29H,12H2,1-3H3,(H2,24,30)(H,25,26,27). The quantitative estimate of drug-likeness (QED) is 0.472. The maximum Gasteiger partial charge on any atom is 0.249 e. The molecule has 2 heterocycles. The van der Waals surface area contributed by atoms with Crippen LogP contribution >= 0.6 is 0 Å². The lowest BCUT2D eigenvalue weighted by Gasteiger charge is -2.14. The number of phenols is 1. The summed E-state index contributed by atoms with van der Waals surface area (Å²) in [5, 5.41) is 13.8. The Labute approximate surface area is 174 Å². The maximum absolute atomic E-state index is 11.8. The highest BCUT2D eigenvalue weighted by atomic mass is 16.3. The van der Waals surface area contributed by atoms with Crippen LogP contribution in [-0.4, -0.2) is 25.5 Å². The van der Waals surface area contributed by atoms with Crippen molar-refractivity contribution in [3.63, 3.8) is 0 Å². The van der Waals surface area contributed by atoms with Gasteiger partial charge in [0, 0.05) is 34.4 Å². The first-order valence-corrected chi connectivity index (χ1v) is 9.63. The summed E-state index contributed by atoms with van der Waals surface area (Å²) in [6.45, 7) is 6.37. The van der Waals surface area contributed by atoms with Gasteiger partial charge in [0.25, 0.3) is 0 Å².